The molecule has 162 valence electrons. The number of benzene rings is 1. The van der Waals surface area contributed by atoms with E-state index in [0.29, 0.717) is 25.0 Å². The van der Waals surface area contributed by atoms with E-state index in [-0.39, 0.29) is 5.91 Å². The maximum atomic E-state index is 12.1. The molecule has 1 fully saturated rings. The van der Waals surface area contributed by atoms with Crippen molar-refractivity contribution in [1.29, 1.82) is 0 Å². The third kappa shape index (κ3) is 3.92. The van der Waals surface area contributed by atoms with Gasteiger partial charge in [0.2, 0.25) is 11.9 Å². The summed E-state index contributed by atoms with van der Waals surface area (Å²) in [5, 5.41) is 10.8. The lowest BCUT2D eigenvalue weighted by molar-refractivity contribution is -0.118. The van der Waals surface area contributed by atoms with Gasteiger partial charge in [-0.25, -0.2) is 14.5 Å². The molecule has 4 heterocycles. The highest BCUT2D eigenvalue weighted by Gasteiger charge is 2.19. The zero-order valence-electron chi connectivity index (χ0n) is 18.1. The maximum Gasteiger partial charge on any atom is 0.240 e. The van der Waals surface area contributed by atoms with Gasteiger partial charge in [-0.2, -0.15) is 5.10 Å². The maximum absolute atomic E-state index is 12.1. The highest BCUT2D eigenvalue weighted by atomic mass is 16.2. The molecular formula is C24H25N7O. The minimum Gasteiger partial charge on any atom is -0.324 e. The van der Waals surface area contributed by atoms with Crippen LogP contribution in [0.3, 0.4) is 0 Å². The van der Waals surface area contributed by atoms with Crippen LogP contribution in [-0.4, -0.2) is 45.1 Å². The summed E-state index contributed by atoms with van der Waals surface area (Å²) in [4.78, 5) is 23.0. The zero-order chi connectivity index (χ0) is 22.1. The first-order valence-corrected chi connectivity index (χ1v) is 10.8. The molecule has 1 aromatic carbocycles. The van der Waals surface area contributed by atoms with E-state index in [2.05, 4.69) is 40.6 Å². The predicted octanol–water partition coefficient (Wildman–Crippen LogP) is 3.59. The third-order valence-electron chi connectivity index (χ3n) is 5.65. The van der Waals surface area contributed by atoms with Crippen molar-refractivity contribution >= 4 is 28.7 Å². The Balaban J connectivity index is 1.37. The number of piperazine rings is 1. The number of amides is 1. The minimum atomic E-state index is 0.0868. The molecule has 0 unspecified atom stereocenters. The third-order valence-corrected chi connectivity index (χ3v) is 5.65. The Morgan fingerprint density at radius 1 is 1.12 bits per heavy atom. The molecule has 0 saturated carbocycles. The van der Waals surface area contributed by atoms with Gasteiger partial charge in [-0.15, -0.1) is 0 Å². The molecule has 0 bridgehead atoms. The van der Waals surface area contributed by atoms with Crippen molar-refractivity contribution in [3.8, 4) is 11.3 Å². The van der Waals surface area contributed by atoms with Gasteiger partial charge in [0.05, 0.1) is 24.0 Å². The quantitative estimate of drug-likeness (QED) is 0.506. The van der Waals surface area contributed by atoms with Crippen molar-refractivity contribution in [1.82, 2.24) is 24.9 Å². The molecule has 1 aliphatic heterocycles. The average molecular weight is 428 g/mol. The van der Waals surface area contributed by atoms with Gasteiger partial charge in [0.15, 0.2) is 0 Å². The molecule has 5 rings (SSSR count). The summed E-state index contributed by atoms with van der Waals surface area (Å²) < 4.78 is 1.89. The van der Waals surface area contributed by atoms with E-state index in [9.17, 15) is 4.79 Å². The number of carbonyl (C=O) groups is 1. The summed E-state index contributed by atoms with van der Waals surface area (Å²) >= 11 is 0. The summed E-state index contributed by atoms with van der Waals surface area (Å²) in [6.07, 6.45) is 5.64. The molecule has 1 aliphatic rings. The van der Waals surface area contributed by atoms with E-state index in [0.717, 1.165) is 34.7 Å². The van der Waals surface area contributed by atoms with E-state index < -0.39 is 0 Å². The Bertz CT molecular complexity index is 1260. The van der Waals surface area contributed by atoms with E-state index >= 15 is 0 Å². The Kier molecular flexibility index (Phi) is 5.28. The van der Waals surface area contributed by atoms with Crippen LogP contribution in [0.25, 0.3) is 16.8 Å². The molecule has 0 radical (unpaired) electrons. The standard InChI is InChI=1S/C24H25N7O/c1-16(2)20-14-27-31-11-8-17(13-22(20)31)21-7-9-26-24(29-21)28-18-3-5-19(6-4-18)30-12-10-25-15-23(30)32/h3-9,11,13-14,16,25H,10,12,15H2,1-2H3,(H,26,28,29). The molecule has 32 heavy (non-hydrogen) atoms. The Morgan fingerprint density at radius 3 is 2.75 bits per heavy atom. The van der Waals surface area contributed by atoms with Crippen molar-refractivity contribution < 1.29 is 4.79 Å². The lowest BCUT2D eigenvalue weighted by atomic mass is 10.0. The number of rotatable bonds is 5. The lowest BCUT2D eigenvalue weighted by Gasteiger charge is -2.27. The van der Waals surface area contributed by atoms with Crippen molar-refractivity contribution in [3.05, 3.63) is 66.6 Å². The highest BCUT2D eigenvalue weighted by Crippen LogP contribution is 2.26. The fourth-order valence-corrected chi connectivity index (χ4v) is 3.92. The van der Waals surface area contributed by atoms with Crippen LogP contribution >= 0.6 is 0 Å². The van der Waals surface area contributed by atoms with Crippen LogP contribution < -0.4 is 15.5 Å². The first-order chi connectivity index (χ1) is 15.6. The number of carbonyl (C=O) groups excluding carboxylic acids is 1. The van der Waals surface area contributed by atoms with Crippen molar-refractivity contribution in [2.75, 3.05) is 29.9 Å². The number of fused-ring (bicyclic) bond motifs is 1. The molecule has 0 aliphatic carbocycles. The second-order valence-corrected chi connectivity index (χ2v) is 8.16. The normalized spacial score (nSPS) is 14.3. The number of hydrogen-bond acceptors (Lipinski definition) is 6. The van der Waals surface area contributed by atoms with Crippen molar-refractivity contribution in [2.45, 2.75) is 19.8 Å². The molecular weight excluding hydrogens is 402 g/mol. The van der Waals surface area contributed by atoms with E-state index in [4.69, 9.17) is 4.98 Å². The van der Waals surface area contributed by atoms with E-state index in [1.807, 2.05) is 53.3 Å². The largest absolute Gasteiger partial charge is 0.324 e. The summed E-state index contributed by atoms with van der Waals surface area (Å²) in [7, 11) is 0. The second-order valence-electron chi connectivity index (χ2n) is 8.16. The number of hydrogen-bond donors (Lipinski definition) is 2. The zero-order valence-corrected chi connectivity index (χ0v) is 18.1. The predicted molar refractivity (Wildman–Crippen MR) is 125 cm³/mol. The van der Waals surface area contributed by atoms with Crippen molar-refractivity contribution in [2.24, 2.45) is 0 Å². The van der Waals surface area contributed by atoms with Crippen LogP contribution in [-0.2, 0) is 4.79 Å². The molecule has 0 spiro atoms. The molecule has 8 nitrogen and oxygen atoms in total. The number of aromatic nitrogens is 4. The molecule has 4 aromatic rings. The van der Waals surface area contributed by atoms with Crippen molar-refractivity contribution in [3.63, 3.8) is 0 Å². The van der Waals surface area contributed by atoms with Crippen LogP contribution in [0, 0.1) is 0 Å². The van der Waals surface area contributed by atoms with Gasteiger partial charge in [-0.1, -0.05) is 13.8 Å². The number of pyridine rings is 1. The molecule has 1 amide bonds. The molecule has 2 N–H and O–H groups in total. The molecule has 0 atom stereocenters. The molecule has 8 heteroatoms. The van der Waals surface area contributed by atoms with Gasteiger partial charge in [-0.3, -0.25) is 4.79 Å². The minimum absolute atomic E-state index is 0.0868. The van der Waals surface area contributed by atoms with E-state index in [1.54, 1.807) is 11.1 Å². The Labute approximate surface area is 186 Å². The number of nitrogens with one attached hydrogen (secondary N) is 2. The Morgan fingerprint density at radius 2 is 1.97 bits per heavy atom. The lowest BCUT2D eigenvalue weighted by Crippen LogP contribution is -2.48. The highest BCUT2D eigenvalue weighted by molar-refractivity contribution is 5.95. The van der Waals surface area contributed by atoms with Gasteiger partial charge in [0, 0.05) is 48.0 Å². The second kappa shape index (κ2) is 8.39. The van der Waals surface area contributed by atoms with Gasteiger partial charge in [0.25, 0.3) is 0 Å². The summed E-state index contributed by atoms with van der Waals surface area (Å²) in [5.41, 5.74) is 5.90. The Hall–Kier alpha value is -3.78. The fourth-order valence-electron chi connectivity index (χ4n) is 3.92. The van der Waals surface area contributed by atoms with Crippen LogP contribution in [0.1, 0.15) is 25.3 Å². The first kappa shape index (κ1) is 20.1. The topological polar surface area (TPSA) is 87.5 Å². The van der Waals surface area contributed by atoms with E-state index in [1.165, 1.54) is 5.56 Å². The van der Waals surface area contributed by atoms with Gasteiger partial charge < -0.3 is 15.5 Å². The molecule has 3 aromatic heterocycles. The summed E-state index contributed by atoms with van der Waals surface area (Å²) in [6.45, 7) is 6.19. The average Bonchev–Trinajstić information content (AvgIpc) is 3.24. The fraction of sp³-hybridized carbons (Fsp3) is 0.250. The van der Waals surface area contributed by atoms with Crippen LogP contribution in [0.5, 0.6) is 0 Å². The van der Waals surface area contributed by atoms with Gasteiger partial charge >= 0.3 is 0 Å². The monoisotopic (exact) mass is 427 g/mol. The van der Waals surface area contributed by atoms with Gasteiger partial charge in [0.1, 0.15) is 0 Å². The molecule has 1 saturated heterocycles. The number of nitrogens with zero attached hydrogens (tertiary/aromatic N) is 5. The first-order valence-electron chi connectivity index (χ1n) is 10.8. The van der Waals surface area contributed by atoms with Gasteiger partial charge in [-0.05, 0) is 48.4 Å². The smallest absolute Gasteiger partial charge is 0.240 e. The summed E-state index contributed by atoms with van der Waals surface area (Å²) in [5.74, 6) is 1.000. The number of anilines is 3. The van der Waals surface area contributed by atoms with Crippen LogP contribution in [0.4, 0.5) is 17.3 Å². The summed E-state index contributed by atoms with van der Waals surface area (Å²) in [6, 6.07) is 13.8. The SMILES string of the molecule is CC(C)c1cnn2ccc(-c3ccnc(Nc4ccc(N5CCNCC5=O)cc4)n3)cc12. The van der Waals surface area contributed by atoms with Crippen LogP contribution in [0.15, 0.2) is 61.1 Å². The van der Waals surface area contributed by atoms with Crippen LogP contribution in [0.2, 0.25) is 0 Å².